The first-order valence-electron chi connectivity index (χ1n) is 7.62. The van der Waals surface area contributed by atoms with Gasteiger partial charge in [0.1, 0.15) is 5.82 Å². The summed E-state index contributed by atoms with van der Waals surface area (Å²) in [6.07, 6.45) is 1.07. The van der Waals surface area contributed by atoms with E-state index in [-0.39, 0.29) is 22.8 Å². The lowest BCUT2D eigenvalue weighted by Crippen LogP contribution is -2.30. The molecule has 26 heavy (non-hydrogen) atoms. The fourth-order valence-electron chi connectivity index (χ4n) is 2.11. The molecule has 0 heterocycles. The van der Waals surface area contributed by atoms with Crippen molar-refractivity contribution in [3.8, 4) is 0 Å². The van der Waals surface area contributed by atoms with Gasteiger partial charge in [0.15, 0.2) is 16.4 Å². The minimum Gasteiger partial charge on any atom is -0.452 e. The zero-order chi connectivity index (χ0) is 19.3. The van der Waals surface area contributed by atoms with Gasteiger partial charge in [-0.05, 0) is 42.0 Å². The molecule has 6 nitrogen and oxygen atoms in total. The van der Waals surface area contributed by atoms with E-state index in [0.717, 1.165) is 11.8 Å². The molecule has 0 N–H and O–H groups in total. The Morgan fingerprint density at radius 2 is 1.62 bits per heavy atom. The van der Waals surface area contributed by atoms with Crippen LogP contribution in [0.1, 0.15) is 15.9 Å². The molecule has 0 saturated heterocycles. The second kappa shape index (κ2) is 8.09. The molecule has 2 aromatic rings. The third kappa shape index (κ3) is 5.38. The molecule has 0 saturated carbocycles. The van der Waals surface area contributed by atoms with E-state index >= 15 is 0 Å². The van der Waals surface area contributed by atoms with Crippen molar-refractivity contribution in [2.24, 2.45) is 0 Å². The van der Waals surface area contributed by atoms with Gasteiger partial charge in [0.2, 0.25) is 0 Å². The van der Waals surface area contributed by atoms with Crippen LogP contribution in [0.25, 0.3) is 0 Å². The normalized spacial score (nSPS) is 11.0. The number of amides is 1. The molecule has 0 bridgehead atoms. The summed E-state index contributed by atoms with van der Waals surface area (Å²) in [5, 5.41) is 0. The summed E-state index contributed by atoms with van der Waals surface area (Å²) in [6, 6.07) is 11.0. The molecule has 0 aromatic heterocycles. The molecule has 0 aliphatic carbocycles. The molecule has 0 atom stereocenters. The van der Waals surface area contributed by atoms with Crippen LogP contribution in [0.4, 0.5) is 4.39 Å². The Kier molecular flexibility index (Phi) is 6.10. The van der Waals surface area contributed by atoms with Crippen LogP contribution in [-0.4, -0.2) is 45.1 Å². The number of esters is 1. The van der Waals surface area contributed by atoms with Crippen molar-refractivity contribution in [2.75, 3.05) is 19.9 Å². The summed E-state index contributed by atoms with van der Waals surface area (Å²) in [5.41, 5.74) is 0.885. The second-order valence-electron chi connectivity index (χ2n) is 5.75. The number of hydrogen-bond donors (Lipinski definition) is 0. The van der Waals surface area contributed by atoms with Crippen LogP contribution < -0.4 is 0 Å². The fourth-order valence-corrected chi connectivity index (χ4v) is 2.74. The van der Waals surface area contributed by atoms with Crippen LogP contribution >= 0.6 is 0 Å². The van der Waals surface area contributed by atoms with Gasteiger partial charge >= 0.3 is 5.97 Å². The number of halogens is 1. The van der Waals surface area contributed by atoms with Gasteiger partial charge in [0, 0.05) is 19.8 Å². The summed E-state index contributed by atoms with van der Waals surface area (Å²) in [4.78, 5) is 25.4. The zero-order valence-electron chi connectivity index (χ0n) is 14.3. The summed E-state index contributed by atoms with van der Waals surface area (Å²) in [6.45, 7) is -0.204. The number of hydrogen-bond acceptors (Lipinski definition) is 5. The molecule has 8 heteroatoms. The van der Waals surface area contributed by atoms with Gasteiger partial charge in [-0.15, -0.1) is 0 Å². The van der Waals surface area contributed by atoms with E-state index in [9.17, 15) is 22.4 Å². The summed E-state index contributed by atoms with van der Waals surface area (Å²) in [7, 11) is -1.81. The van der Waals surface area contributed by atoms with E-state index < -0.39 is 28.3 Å². The zero-order valence-corrected chi connectivity index (χ0v) is 15.1. The molecule has 0 aliphatic rings. The molecule has 138 valence electrons. The standard InChI is InChI=1S/C18H18FNO5S/c1-20(11-13-3-7-15(19)8-4-13)17(21)12-25-18(22)14-5-9-16(10-6-14)26(2,23)24/h3-10H,11-12H2,1-2H3. The average Bonchev–Trinajstić information content (AvgIpc) is 2.60. The van der Waals surface area contributed by atoms with Crippen LogP contribution in [0.2, 0.25) is 0 Å². The van der Waals surface area contributed by atoms with Crippen LogP contribution in [0.5, 0.6) is 0 Å². The molecular weight excluding hydrogens is 361 g/mol. The van der Waals surface area contributed by atoms with E-state index in [4.69, 9.17) is 4.74 Å². The van der Waals surface area contributed by atoms with Gasteiger partial charge in [-0.25, -0.2) is 17.6 Å². The topological polar surface area (TPSA) is 80.8 Å². The lowest BCUT2D eigenvalue weighted by molar-refractivity contribution is -0.133. The Hall–Kier alpha value is -2.74. The number of rotatable bonds is 6. The molecule has 2 rings (SSSR count). The largest absolute Gasteiger partial charge is 0.452 e. The Bertz CT molecular complexity index is 892. The van der Waals surface area contributed by atoms with Crippen molar-refractivity contribution in [3.63, 3.8) is 0 Å². The molecule has 0 spiro atoms. The first kappa shape index (κ1) is 19.6. The molecule has 1 amide bonds. The first-order valence-corrected chi connectivity index (χ1v) is 9.51. The van der Waals surface area contributed by atoms with Gasteiger partial charge in [0.05, 0.1) is 10.5 Å². The summed E-state index contributed by atoms with van der Waals surface area (Å²) >= 11 is 0. The Balaban J connectivity index is 1.89. The molecule has 0 unspecified atom stereocenters. The van der Waals surface area contributed by atoms with E-state index in [1.165, 1.54) is 41.3 Å². The van der Waals surface area contributed by atoms with Crippen molar-refractivity contribution in [2.45, 2.75) is 11.4 Å². The number of likely N-dealkylation sites (N-methyl/N-ethyl adjacent to an activating group) is 1. The van der Waals surface area contributed by atoms with Gasteiger partial charge in [0.25, 0.3) is 5.91 Å². The fraction of sp³-hybridized carbons (Fsp3) is 0.222. The van der Waals surface area contributed by atoms with Gasteiger partial charge in [-0.1, -0.05) is 12.1 Å². The van der Waals surface area contributed by atoms with Crippen molar-refractivity contribution < 1.29 is 27.1 Å². The third-order valence-corrected chi connectivity index (χ3v) is 4.73. The number of carbonyl (C=O) groups excluding carboxylic acids is 2. The highest BCUT2D eigenvalue weighted by atomic mass is 32.2. The quantitative estimate of drug-likeness (QED) is 0.718. The number of nitrogens with zero attached hydrogens (tertiary/aromatic N) is 1. The minimum atomic E-state index is -3.35. The Labute approximate surface area is 151 Å². The highest BCUT2D eigenvalue weighted by Crippen LogP contribution is 2.11. The predicted molar refractivity (Wildman–Crippen MR) is 92.7 cm³/mol. The van der Waals surface area contributed by atoms with Crippen molar-refractivity contribution in [1.29, 1.82) is 0 Å². The summed E-state index contributed by atoms with van der Waals surface area (Å²) < 4.78 is 40.6. The van der Waals surface area contributed by atoms with Crippen LogP contribution in [0, 0.1) is 5.82 Å². The van der Waals surface area contributed by atoms with E-state index in [0.29, 0.717) is 0 Å². The lowest BCUT2D eigenvalue weighted by atomic mass is 10.2. The lowest BCUT2D eigenvalue weighted by Gasteiger charge is -2.17. The molecular formula is C18H18FNO5S. The van der Waals surface area contributed by atoms with Crippen molar-refractivity contribution in [1.82, 2.24) is 4.90 Å². The first-order chi connectivity index (χ1) is 12.2. The highest BCUT2D eigenvalue weighted by molar-refractivity contribution is 7.90. The average molecular weight is 379 g/mol. The van der Waals surface area contributed by atoms with Gasteiger partial charge in [-0.2, -0.15) is 0 Å². The second-order valence-corrected chi connectivity index (χ2v) is 7.76. The Morgan fingerprint density at radius 1 is 1.04 bits per heavy atom. The molecule has 0 aliphatic heterocycles. The highest BCUT2D eigenvalue weighted by Gasteiger charge is 2.15. The maximum atomic E-state index is 12.9. The van der Waals surface area contributed by atoms with E-state index in [1.807, 2.05) is 0 Å². The van der Waals surface area contributed by atoms with Crippen molar-refractivity contribution in [3.05, 3.63) is 65.5 Å². The number of benzene rings is 2. The third-order valence-electron chi connectivity index (χ3n) is 3.60. The number of sulfone groups is 1. The van der Waals surface area contributed by atoms with E-state index in [1.54, 1.807) is 19.2 Å². The maximum Gasteiger partial charge on any atom is 0.338 e. The minimum absolute atomic E-state index is 0.0872. The van der Waals surface area contributed by atoms with Crippen LogP contribution in [-0.2, 0) is 25.9 Å². The number of ether oxygens (including phenoxy) is 1. The monoisotopic (exact) mass is 379 g/mol. The van der Waals surface area contributed by atoms with Crippen LogP contribution in [0.3, 0.4) is 0 Å². The molecule has 0 radical (unpaired) electrons. The SMILES string of the molecule is CN(Cc1ccc(F)cc1)C(=O)COC(=O)c1ccc(S(C)(=O)=O)cc1. The maximum absolute atomic E-state index is 12.9. The molecule has 0 fully saturated rings. The smallest absolute Gasteiger partial charge is 0.338 e. The predicted octanol–water partition coefficient (Wildman–Crippen LogP) is 2.04. The molecule has 2 aromatic carbocycles. The van der Waals surface area contributed by atoms with Gasteiger partial charge in [-0.3, -0.25) is 4.79 Å². The summed E-state index contributed by atoms with van der Waals surface area (Å²) in [5.74, 6) is -1.51. The Morgan fingerprint density at radius 3 is 2.15 bits per heavy atom. The number of carbonyl (C=O) groups is 2. The van der Waals surface area contributed by atoms with E-state index in [2.05, 4.69) is 0 Å². The van der Waals surface area contributed by atoms with Gasteiger partial charge < -0.3 is 9.64 Å². The van der Waals surface area contributed by atoms with Crippen LogP contribution in [0.15, 0.2) is 53.4 Å². The van der Waals surface area contributed by atoms with Crippen molar-refractivity contribution >= 4 is 21.7 Å².